The van der Waals surface area contributed by atoms with Crippen molar-refractivity contribution in [3.05, 3.63) is 94.0 Å². The number of carbonyl (C=O) groups is 1. The molecule has 1 amide bonds. The minimum absolute atomic E-state index is 0.105. The predicted octanol–water partition coefficient (Wildman–Crippen LogP) is 5.60. The van der Waals surface area contributed by atoms with Crippen LogP contribution in [0.1, 0.15) is 48.1 Å². The third-order valence-electron chi connectivity index (χ3n) is 6.27. The van der Waals surface area contributed by atoms with Gasteiger partial charge < -0.3 is 5.32 Å². The van der Waals surface area contributed by atoms with E-state index in [-0.39, 0.29) is 28.2 Å². The summed E-state index contributed by atoms with van der Waals surface area (Å²) in [5.74, 6) is -0.402. The molecule has 178 valence electrons. The number of anilines is 1. The summed E-state index contributed by atoms with van der Waals surface area (Å²) in [4.78, 5) is 13.2. The van der Waals surface area contributed by atoms with E-state index < -0.39 is 15.9 Å². The molecule has 0 radical (unpaired) electrons. The van der Waals surface area contributed by atoms with E-state index in [0.717, 1.165) is 28.3 Å². The van der Waals surface area contributed by atoms with Gasteiger partial charge in [0.05, 0.1) is 21.6 Å². The highest BCUT2D eigenvalue weighted by Gasteiger charge is 2.29. The minimum atomic E-state index is -4.01. The number of hydrogen-bond acceptors (Lipinski definition) is 3. The van der Waals surface area contributed by atoms with E-state index in [9.17, 15) is 13.2 Å². The van der Waals surface area contributed by atoms with Gasteiger partial charge in [0.15, 0.2) is 0 Å². The van der Waals surface area contributed by atoms with Crippen molar-refractivity contribution in [3.63, 3.8) is 0 Å². The van der Waals surface area contributed by atoms with Gasteiger partial charge in [-0.05, 0) is 80.5 Å². The van der Waals surface area contributed by atoms with Gasteiger partial charge in [-0.25, -0.2) is 8.42 Å². The topological polar surface area (TPSA) is 66.5 Å². The number of nitrogens with one attached hydrogen (secondary N) is 1. The smallest absolute Gasteiger partial charge is 0.264 e. The number of halogens is 1. The first kappa shape index (κ1) is 24.3. The van der Waals surface area contributed by atoms with E-state index in [1.54, 1.807) is 48.5 Å². The summed E-state index contributed by atoms with van der Waals surface area (Å²) in [6.45, 7) is 3.42. The van der Waals surface area contributed by atoms with E-state index >= 15 is 0 Å². The number of nitrogens with zero attached hydrogens (tertiary/aromatic N) is 1. The highest BCUT2D eigenvalue weighted by molar-refractivity contribution is 7.92. The van der Waals surface area contributed by atoms with Crippen LogP contribution in [0.25, 0.3) is 0 Å². The maximum absolute atomic E-state index is 13.5. The molecule has 0 spiro atoms. The minimum Gasteiger partial charge on any atom is -0.348 e. The molecule has 0 saturated heterocycles. The molecule has 1 aliphatic carbocycles. The second kappa shape index (κ2) is 10.2. The van der Waals surface area contributed by atoms with Crippen molar-refractivity contribution in [2.75, 3.05) is 10.8 Å². The first-order valence-corrected chi connectivity index (χ1v) is 13.3. The van der Waals surface area contributed by atoms with Gasteiger partial charge in [0.25, 0.3) is 10.0 Å². The molecule has 0 aliphatic heterocycles. The Bertz CT molecular complexity index is 1290. The van der Waals surface area contributed by atoms with Crippen LogP contribution in [0.15, 0.2) is 71.6 Å². The molecular formula is C27H29ClN2O3S. The number of benzene rings is 3. The van der Waals surface area contributed by atoms with Gasteiger partial charge in [-0.2, -0.15) is 0 Å². The number of carbonyl (C=O) groups excluding carboxylic acids is 1. The van der Waals surface area contributed by atoms with Crippen molar-refractivity contribution in [1.29, 1.82) is 0 Å². The van der Waals surface area contributed by atoms with Crippen LogP contribution in [-0.2, 0) is 27.7 Å². The molecule has 1 unspecified atom stereocenters. The fourth-order valence-electron chi connectivity index (χ4n) is 4.31. The monoisotopic (exact) mass is 496 g/mol. The first-order valence-electron chi connectivity index (χ1n) is 11.5. The number of sulfonamides is 1. The Morgan fingerprint density at radius 1 is 1.00 bits per heavy atom. The SMILES string of the molecule is Cc1ccc(S(=O)(=O)N(CC(=O)NC(C)c2ccc3c(c2)CCCC3)c2ccccc2Cl)cc1. The van der Waals surface area contributed by atoms with Crippen LogP contribution in [0.4, 0.5) is 5.69 Å². The van der Waals surface area contributed by atoms with Crippen LogP contribution in [0.5, 0.6) is 0 Å². The van der Waals surface area contributed by atoms with Crippen LogP contribution in [-0.4, -0.2) is 20.9 Å². The Kier molecular flexibility index (Phi) is 7.29. The van der Waals surface area contributed by atoms with Crippen molar-refractivity contribution in [2.24, 2.45) is 0 Å². The average Bonchev–Trinajstić information content (AvgIpc) is 2.83. The molecular weight excluding hydrogens is 468 g/mol. The van der Waals surface area contributed by atoms with Crippen molar-refractivity contribution < 1.29 is 13.2 Å². The fourth-order valence-corrected chi connectivity index (χ4v) is 6.04. The van der Waals surface area contributed by atoms with Crippen LogP contribution < -0.4 is 9.62 Å². The molecule has 0 saturated carbocycles. The zero-order valence-corrected chi connectivity index (χ0v) is 21.0. The van der Waals surface area contributed by atoms with Crippen LogP contribution in [0.3, 0.4) is 0 Å². The quantitative estimate of drug-likeness (QED) is 0.463. The summed E-state index contributed by atoms with van der Waals surface area (Å²) >= 11 is 6.35. The summed E-state index contributed by atoms with van der Waals surface area (Å²) < 4.78 is 28.1. The summed E-state index contributed by atoms with van der Waals surface area (Å²) in [6, 6.07) is 19.3. The molecule has 1 aliphatic rings. The van der Waals surface area contributed by atoms with Gasteiger partial charge in [-0.1, -0.05) is 59.6 Å². The summed E-state index contributed by atoms with van der Waals surface area (Å²) in [5, 5.41) is 3.23. The maximum atomic E-state index is 13.5. The van der Waals surface area contributed by atoms with Crippen molar-refractivity contribution >= 4 is 33.2 Å². The molecule has 3 aromatic rings. The number of amides is 1. The highest BCUT2D eigenvalue weighted by Crippen LogP contribution is 2.30. The number of hydrogen-bond donors (Lipinski definition) is 1. The third-order valence-corrected chi connectivity index (χ3v) is 8.36. The van der Waals surface area contributed by atoms with Gasteiger partial charge in [0, 0.05) is 0 Å². The Morgan fingerprint density at radius 2 is 1.68 bits per heavy atom. The Balaban J connectivity index is 1.58. The van der Waals surface area contributed by atoms with E-state index in [4.69, 9.17) is 11.6 Å². The van der Waals surface area contributed by atoms with Gasteiger partial charge >= 0.3 is 0 Å². The Hall–Kier alpha value is -2.83. The molecule has 1 N–H and O–H groups in total. The lowest BCUT2D eigenvalue weighted by atomic mass is 9.89. The molecule has 1 atom stereocenters. The number of rotatable bonds is 7. The molecule has 7 heteroatoms. The Morgan fingerprint density at radius 3 is 2.38 bits per heavy atom. The molecule has 0 aromatic heterocycles. The lowest BCUT2D eigenvalue weighted by Crippen LogP contribution is -2.41. The van der Waals surface area contributed by atoms with Crippen molar-refractivity contribution in [2.45, 2.75) is 50.5 Å². The first-order chi connectivity index (χ1) is 16.3. The third kappa shape index (κ3) is 5.29. The second-order valence-corrected chi connectivity index (χ2v) is 11.1. The lowest BCUT2D eigenvalue weighted by Gasteiger charge is -2.26. The lowest BCUT2D eigenvalue weighted by molar-refractivity contribution is -0.120. The predicted molar refractivity (Wildman–Crippen MR) is 137 cm³/mol. The van der Waals surface area contributed by atoms with Crippen LogP contribution >= 0.6 is 11.6 Å². The zero-order chi connectivity index (χ0) is 24.3. The zero-order valence-electron chi connectivity index (χ0n) is 19.4. The van der Waals surface area contributed by atoms with E-state index in [1.165, 1.54) is 24.0 Å². The molecule has 0 heterocycles. The summed E-state index contributed by atoms with van der Waals surface area (Å²) in [7, 11) is -4.01. The molecule has 5 nitrogen and oxygen atoms in total. The van der Waals surface area contributed by atoms with Gasteiger partial charge in [0.1, 0.15) is 6.54 Å². The Labute approximate surface area is 206 Å². The normalized spacial score (nSPS) is 14.2. The maximum Gasteiger partial charge on any atom is 0.264 e. The number of aryl methyl sites for hydroxylation is 3. The molecule has 0 bridgehead atoms. The van der Waals surface area contributed by atoms with E-state index in [0.29, 0.717) is 0 Å². The standard InChI is InChI=1S/C27H29ClN2O3S/c1-19-11-15-24(16-12-19)34(32,33)30(26-10-6-5-9-25(26)28)18-27(31)29-20(2)22-14-13-21-7-3-4-8-23(21)17-22/h5-6,9-17,20H,3-4,7-8,18H2,1-2H3,(H,29,31). The van der Waals surface area contributed by atoms with E-state index in [2.05, 4.69) is 17.4 Å². The van der Waals surface area contributed by atoms with Gasteiger partial charge in [-0.15, -0.1) is 0 Å². The molecule has 0 fully saturated rings. The summed E-state index contributed by atoms with van der Waals surface area (Å²) in [5.41, 5.74) is 4.94. The molecule has 34 heavy (non-hydrogen) atoms. The van der Waals surface area contributed by atoms with Gasteiger partial charge in [0.2, 0.25) is 5.91 Å². The fraction of sp³-hybridized carbons (Fsp3) is 0.296. The van der Waals surface area contributed by atoms with Crippen molar-refractivity contribution in [1.82, 2.24) is 5.32 Å². The number of para-hydroxylation sites is 1. The van der Waals surface area contributed by atoms with Crippen LogP contribution in [0, 0.1) is 6.92 Å². The van der Waals surface area contributed by atoms with Crippen LogP contribution in [0.2, 0.25) is 5.02 Å². The van der Waals surface area contributed by atoms with Gasteiger partial charge in [-0.3, -0.25) is 9.10 Å². The number of fused-ring (bicyclic) bond motifs is 1. The molecule has 4 rings (SSSR count). The average molecular weight is 497 g/mol. The van der Waals surface area contributed by atoms with Crippen molar-refractivity contribution in [3.8, 4) is 0 Å². The second-order valence-electron chi connectivity index (χ2n) is 8.80. The molecule has 3 aromatic carbocycles. The highest BCUT2D eigenvalue weighted by atomic mass is 35.5. The largest absolute Gasteiger partial charge is 0.348 e. The van der Waals surface area contributed by atoms with E-state index in [1.807, 2.05) is 19.9 Å². The summed E-state index contributed by atoms with van der Waals surface area (Å²) in [6.07, 6.45) is 4.55.